The number of carbonyl (C=O) groups excluding carboxylic acids is 1. The average Bonchev–Trinajstić information content (AvgIpc) is 2.84. The third-order valence-corrected chi connectivity index (χ3v) is 4.27. The lowest BCUT2D eigenvalue weighted by atomic mass is 10.0. The normalized spacial score (nSPS) is 21.3. The van der Waals surface area contributed by atoms with E-state index in [1.54, 1.807) is 12.1 Å². The molecule has 0 N–H and O–H groups in total. The fourth-order valence-corrected chi connectivity index (χ4v) is 2.92. The zero-order valence-corrected chi connectivity index (χ0v) is 13.2. The minimum atomic E-state index is -0.382. The van der Waals surface area contributed by atoms with Gasteiger partial charge in [-0.1, -0.05) is 48.2 Å². The highest BCUT2D eigenvalue weighted by molar-refractivity contribution is 6.31. The summed E-state index contributed by atoms with van der Waals surface area (Å²) >= 11 is 5.91. The van der Waals surface area contributed by atoms with Crippen molar-refractivity contribution in [2.24, 2.45) is 5.16 Å². The van der Waals surface area contributed by atoms with Gasteiger partial charge in [-0.2, -0.15) is 0 Å². The lowest BCUT2D eigenvalue weighted by Gasteiger charge is -2.23. The summed E-state index contributed by atoms with van der Waals surface area (Å²) in [6.07, 6.45) is 8.04. The largest absolute Gasteiger partial charge is 0.377 e. The second kappa shape index (κ2) is 6.97. The van der Waals surface area contributed by atoms with Crippen molar-refractivity contribution in [1.82, 2.24) is 4.90 Å². The van der Waals surface area contributed by atoms with Gasteiger partial charge in [-0.05, 0) is 25.0 Å². The van der Waals surface area contributed by atoms with E-state index in [1.165, 1.54) is 19.3 Å². The molecule has 1 fully saturated rings. The summed E-state index contributed by atoms with van der Waals surface area (Å²) in [5.74, 6) is -0.382. The standard InChI is InChI=1S/C17H19ClN2O2/c18-14-8-6-13(7-9-14)16-15(17(21)22-19-16)12-20-10-4-2-1-3-5-11-20/h6-9,12H,1-5,10-11H2. The summed E-state index contributed by atoms with van der Waals surface area (Å²) in [5, 5.41) is 4.59. The molecule has 0 saturated carbocycles. The van der Waals surface area contributed by atoms with E-state index in [4.69, 9.17) is 16.4 Å². The predicted octanol–water partition coefficient (Wildman–Crippen LogP) is 3.75. The number of carbonyl (C=O) groups is 1. The van der Waals surface area contributed by atoms with Crippen LogP contribution in [0.15, 0.2) is 41.2 Å². The van der Waals surface area contributed by atoms with E-state index in [1.807, 2.05) is 18.3 Å². The lowest BCUT2D eigenvalue weighted by molar-refractivity contribution is -0.136. The third kappa shape index (κ3) is 3.50. The number of likely N-dealkylation sites (tertiary alicyclic amines) is 1. The van der Waals surface area contributed by atoms with Gasteiger partial charge >= 0.3 is 5.97 Å². The van der Waals surface area contributed by atoms with E-state index in [-0.39, 0.29) is 5.97 Å². The molecule has 3 rings (SSSR count). The average molecular weight is 319 g/mol. The Kier molecular flexibility index (Phi) is 4.78. The third-order valence-electron chi connectivity index (χ3n) is 4.01. The molecule has 0 spiro atoms. The number of hydrogen-bond donors (Lipinski definition) is 0. The quantitative estimate of drug-likeness (QED) is 0.616. The summed E-state index contributed by atoms with van der Waals surface area (Å²) in [5.41, 5.74) is 1.96. The molecule has 1 aromatic rings. The van der Waals surface area contributed by atoms with Crippen LogP contribution in [0.3, 0.4) is 0 Å². The number of halogens is 1. The molecule has 2 heterocycles. The zero-order chi connectivity index (χ0) is 15.4. The first kappa shape index (κ1) is 15.1. The molecule has 4 nitrogen and oxygen atoms in total. The number of nitrogens with zero attached hydrogens (tertiary/aromatic N) is 2. The van der Waals surface area contributed by atoms with Crippen molar-refractivity contribution in [2.75, 3.05) is 13.1 Å². The Hall–Kier alpha value is -1.81. The van der Waals surface area contributed by atoms with E-state index in [9.17, 15) is 4.79 Å². The van der Waals surface area contributed by atoms with Crippen LogP contribution in [0.1, 0.15) is 37.7 Å². The van der Waals surface area contributed by atoms with Crippen LogP contribution in [-0.2, 0) is 9.63 Å². The molecule has 5 heteroatoms. The maximum absolute atomic E-state index is 12.0. The molecule has 0 aromatic heterocycles. The Balaban J connectivity index is 1.83. The Bertz CT molecular complexity index is 600. The Morgan fingerprint density at radius 1 is 1.05 bits per heavy atom. The van der Waals surface area contributed by atoms with Crippen LogP contribution in [0.5, 0.6) is 0 Å². The zero-order valence-electron chi connectivity index (χ0n) is 12.4. The maximum atomic E-state index is 12.0. The van der Waals surface area contributed by atoms with Crippen molar-refractivity contribution in [3.8, 4) is 0 Å². The minimum Gasteiger partial charge on any atom is -0.377 e. The van der Waals surface area contributed by atoms with Crippen molar-refractivity contribution in [1.29, 1.82) is 0 Å². The molecule has 2 aliphatic rings. The highest BCUT2D eigenvalue weighted by atomic mass is 35.5. The molecule has 22 heavy (non-hydrogen) atoms. The van der Waals surface area contributed by atoms with Crippen LogP contribution in [0.4, 0.5) is 0 Å². The van der Waals surface area contributed by atoms with Gasteiger partial charge in [0.1, 0.15) is 11.3 Å². The van der Waals surface area contributed by atoms with E-state index >= 15 is 0 Å². The van der Waals surface area contributed by atoms with Gasteiger partial charge in [0.2, 0.25) is 0 Å². The van der Waals surface area contributed by atoms with E-state index < -0.39 is 0 Å². The molecule has 1 aromatic carbocycles. The van der Waals surface area contributed by atoms with Gasteiger partial charge < -0.3 is 9.74 Å². The van der Waals surface area contributed by atoms with Gasteiger partial charge in [0.15, 0.2) is 0 Å². The maximum Gasteiger partial charge on any atom is 0.369 e. The number of hydrogen-bond acceptors (Lipinski definition) is 4. The van der Waals surface area contributed by atoms with Crippen LogP contribution in [0.2, 0.25) is 5.02 Å². The van der Waals surface area contributed by atoms with Gasteiger partial charge in [-0.25, -0.2) is 4.79 Å². The summed E-state index contributed by atoms with van der Waals surface area (Å²) in [4.78, 5) is 19.1. The van der Waals surface area contributed by atoms with Crippen molar-refractivity contribution >= 4 is 23.3 Å². The Morgan fingerprint density at radius 3 is 2.36 bits per heavy atom. The van der Waals surface area contributed by atoms with Crippen molar-refractivity contribution in [2.45, 2.75) is 32.1 Å². The molecule has 2 aliphatic heterocycles. The molecule has 116 valence electrons. The molecule has 0 unspecified atom stereocenters. The second-order valence-corrected chi connectivity index (χ2v) is 6.11. The summed E-state index contributed by atoms with van der Waals surface area (Å²) in [6.45, 7) is 1.95. The van der Waals surface area contributed by atoms with Crippen LogP contribution < -0.4 is 0 Å². The predicted molar refractivity (Wildman–Crippen MR) is 86.8 cm³/mol. The van der Waals surface area contributed by atoms with Crippen LogP contribution in [0, 0.1) is 0 Å². The van der Waals surface area contributed by atoms with Crippen LogP contribution in [-0.4, -0.2) is 29.7 Å². The van der Waals surface area contributed by atoms with Gasteiger partial charge in [0.25, 0.3) is 0 Å². The first-order valence-corrected chi connectivity index (χ1v) is 8.13. The van der Waals surface area contributed by atoms with Crippen LogP contribution in [0.25, 0.3) is 0 Å². The van der Waals surface area contributed by atoms with Gasteiger partial charge in [-0.3, -0.25) is 0 Å². The molecule has 0 bridgehead atoms. The number of benzene rings is 1. The molecule has 0 aliphatic carbocycles. The highest BCUT2D eigenvalue weighted by Crippen LogP contribution is 2.21. The van der Waals surface area contributed by atoms with E-state index in [0.717, 1.165) is 31.5 Å². The fourth-order valence-electron chi connectivity index (χ4n) is 2.80. The monoisotopic (exact) mass is 318 g/mol. The molecular weight excluding hydrogens is 300 g/mol. The molecule has 1 saturated heterocycles. The van der Waals surface area contributed by atoms with Gasteiger partial charge in [-0.15, -0.1) is 0 Å². The lowest BCUT2D eigenvalue weighted by Crippen LogP contribution is -2.24. The summed E-state index contributed by atoms with van der Waals surface area (Å²) < 4.78 is 0. The topological polar surface area (TPSA) is 41.9 Å². The van der Waals surface area contributed by atoms with Crippen LogP contribution >= 0.6 is 11.6 Å². The second-order valence-electron chi connectivity index (χ2n) is 5.67. The first-order chi connectivity index (χ1) is 10.7. The van der Waals surface area contributed by atoms with E-state index in [0.29, 0.717) is 16.3 Å². The Labute approximate surface area is 135 Å². The summed E-state index contributed by atoms with van der Waals surface area (Å²) in [7, 11) is 0. The SMILES string of the molecule is O=C1ON=C(c2ccc(Cl)cc2)C1=CN1CCCCCCC1. The molecule has 0 amide bonds. The minimum absolute atomic E-state index is 0.382. The van der Waals surface area contributed by atoms with Crippen molar-refractivity contribution in [3.05, 3.63) is 46.6 Å². The highest BCUT2D eigenvalue weighted by Gasteiger charge is 2.27. The Morgan fingerprint density at radius 2 is 1.68 bits per heavy atom. The molecular formula is C17H19ClN2O2. The molecule has 0 radical (unpaired) electrons. The van der Waals surface area contributed by atoms with Gasteiger partial charge in [0.05, 0.1) is 0 Å². The van der Waals surface area contributed by atoms with E-state index in [2.05, 4.69) is 10.1 Å². The van der Waals surface area contributed by atoms with Crippen molar-refractivity contribution < 1.29 is 9.63 Å². The summed E-state index contributed by atoms with van der Waals surface area (Å²) in [6, 6.07) is 7.28. The first-order valence-electron chi connectivity index (χ1n) is 7.75. The van der Waals surface area contributed by atoms with Crippen molar-refractivity contribution in [3.63, 3.8) is 0 Å². The number of oxime groups is 1. The van der Waals surface area contributed by atoms with Gasteiger partial charge in [0, 0.05) is 29.9 Å². The molecule has 0 atom stereocenters. The fraction of sp³-hybridized carbons (Fsp3) is 0.412. The number of rotatable bonds is 2. The smallest absolute Gasteiger partial charge is 0.369 e.